The van der Waals surface area contributed by atoms with E-state index in [1.165, 1.54) is 11.1 Å². The smallest absolute Gasteiger partial charge is 0.317 e. The summed E-state index contributed by atoms with van der Waals surface area (Å²) in [6, 6.07) is 13.4. The SMILES string of the molecule is Cc1cccc(C(C)NC(=O)N2CCN(c3cccc(O)c3)CC2)c1C. The number of nitrogens with one attached hydrogen (secondary N) is 1. The maximum absolute atomic E-state index is 12.6. The highest BCUT2D eigenvalue weighted by molar-refractivity contribution is 5.75. The molecule has 3 rings (SSSR count). The highest BCUT2D eigenvalue weighted by Crippen LogP contribution is 2.22. The van der Waals surface area contributed by atoms with Crippen LogP contribution in [-0.4, -0.2) is 42.2 Å². The number of aryl methyl sites for hydroxylation is 1. The molecule has 138 valence electrons. The molecule has 5 heteroatoms. The Morgan fingerprint density at radius 3 is 2.46 bits per heavy atom. The van der Waals surface area contributed by atoms with E-state index in [1.807, 2.05) is 30.0 Å². The van der Waals surface area contributed by atoms with E-state index in [0.29, 0.717) is 13.1 Å². The Hall–Kier alpha value is -2.69. The van der Waals surface area contributed by atoms with Crippen molar-refractivity contribution in [2.75, 3.05) is 31.1 Å². The average Bonchev–Trinajstić information content (AvgIpc) is 2.64. The van der Waals surface area contributed by atoms with Gasteiger partial charge in [0.25, 0.3) is 0 Å². The molecule has 1 unspecified atom stereocenters. The second kappa shape index (κ2) is 7.68. The zero-order valence-corrected chi connectivity index (χ0v) is 15.7. The molecule has 2 N–H and O–H groups in total. The van der Waals surface area contributed by atoms with E-state index in [1.54, 1.807) is 12.1 Å². The van der Waals surface area contributed by atoms with Crippen molar-refractivity contribution in [1.29, 1.82) is 0 Å². The molecule has 1 heterocycles. The fourth-order valence-electron chi connectivity index (χ4n) is 3.45. The lowest BCUT2D eigenvalue weighted by atomic mass is 9.98. The molecule has 0 bridgehead atoms. The van der Waals surface area contributed by atoms with E-state index >= 15 is 0 Å². The molecule has 2 aromatic rings. The lowest BCUT2D eigenvalue weighted by molar-refractivity contribution is 0.191. The maximum Gasteiger partial charge on any atom is 0.317 e. The minimum atomic E-state index is -0.0218. The Balaban J connectivity index is 1.57. The molecule has 1 aliphatic heterocycles. The van der Waals surface area contributed by atoms with Gasteiger partial charge in [0.05, 0.1) is 6.04 Å². The molecule has 0 radical (unpaired) electrons. The number of urea groups is 1. The van der Waals surface area contributed by atoms with Crippen LogP contribution >= 0.6 is 0 Å². The van der Waals surface area contributed by atoms with Gasteiger partial charge in [0.1, 0.15) is 5.75 Å². The van der Waals surface area contributed by atoms with E-state index in [9.17, 15) is 9.90 Å². The number of aromatic hydroxyl groups is 1. The lowest BCUT2D eigenvalue weighted by Gasteiger charge is -2.36. The zero-order chi connectivity index (χ0) is 18.7. The van der Waals surface area contributed by atoms with Crippen molar-refractivity contribution in [3.63, 3.8) is 0 Å². The summed E-state index contributed by atoms with van der Waals surface area (Å²) in [7, 11) is 0. The minimum absolute atomic E-state index is 0.0195. The molecule has 1 aliphatic rings. The number of carbonyl (C=O) groups is 1. The first kappa shape index (κ1) is 18.1. The largest absolute Gasteiger partial charge is 0.508 e. The van der Waals surface area contributed by atoms with Crippen LogP contribution in [0, 0.1) is 13.8 Å². The Morgan fingerprint density at radius 2 is 1.77 bits per heavy atom. The third-order valence-corrected chi connectivity index (χ3v) is 5.21. The van der Waals surface area contributed by atoms with Gasteiger partial charge in [-0.05, 0) is 49.6 Å². The highest BCUT2D eigenvalue weighted by Gasteiger charge is 2.23. The molecule has 0 saturated carbocycles. The van der Waals surface area contributed by atoms with E-state index in [4.69, 9.17) is 0 Å². The minimum Gasteiger partial charge on any atom is -0.508 e. The van der Waals surface area contributed by atoms with Crippen LogP contribution in [0.3, 0.4) is 0 Å². The number of hydrogen-bond donors (Lipinski definition) is 2. The van der Waals surface area contributed by atoms with Gasteiger partial charge in [-0.3, -0.25) is 0 Å². The second-order valence-electron chi connectivity index (χ2n) is 6.95. The van der Waals surface area contributed by atoms with Crippen LogP contribution in [0.5, 0.6) is 5.75 Å². The molecule has 0 aliphatic carbocycles. The number of anilines is 1. The second-order valence-corrected chi connectivity index (χ2v) is 6.95. The topological polar surface area (TPSA) is 55.8 Å². The Morgan fingerprint density at radius 1 is 1.08 bits per heavy atom. The predicted octanol–water partition coefficient (Wildman–Crippen LogP) is 3.60. The number of rotatable bonds is 3. The molecule has 2 amide bonds. The summed E-state index contributed by atoms with van der Waals surface area (Å²) < 4.78 is 0. The standard InChI is InChI=1S/C21H27N3O2/c1-15-6-4-9-20(16(15)2)17(3)22-21(26)24-12-10-23(11-13-24)18-7-5-8-19(25)14-18/h4-9,14,17,25H,10-13H2,1-3H3,(H,22,26). The van der Waals surface area contributed by atoms with E-state index in [0.717, 1.165) is 24.3 Å². The third-order valence-electron chi connectivity index (χ3n) is 5.21. The van der Waals surface area contributed by atoms with Gasteiger partial charge in [-0.2, -0.15) is 0 Å². The average molecular weight is 353 g/mol. The fourth-order valence-corrected chi connectivity index (χ4v) is 3.45. The number of benzene rings is 2. The number of nitrogens with zero attached hydrogens (tertiary/aromatic N) is 2. The van der Waals surface area contributed by atoms with Crippen molar-refractivity contribution in [1.82, 2.24) is 10.2 Å². The van der Waals surface area contributed by atoms with Crippen molar-refractivity contribution in [3.8, 4) is 5.75 Å². The van der Waals surface area contributed by atoms with Gasteiger partial charge in [0.15, 0.2) is 0 Å². The normalized spacial score (nSPS) is 15.7. The highest BCUT2D eigenvalue weighted by atomic mass is 16.3. The van der Waals surface area contributed by atoms with Crippen molar-refractivity contribution in [3.05, 3.63) is 59.2 Å². The molecular formula is C21H27N3O2. The van der Waals surface area contributed by atoms with Crippen LogP contribution in [0.4, 0.5) is 10.5 Å². The van der Waals surface area contributed by atoms with Gasteiger partial charge in [-0.15, -0.1) is 0 Å². The molecule has 0 aromatic heterocycles. The summed E-state index contributed by atoms with van der Waals surface area (Å²) in [4.78, 5) is 16.7. The summed E-state index contributed by atoms with van der Waals surface area (Å²) in [6.45, 7) is 9.07. The van der Waals surface area contributed by atoms with Gasteiger partial charge in [0, 0.05) is 37.9 Å². The number of carbonyl (C=O) groups excluding carboxylic acids is 1. The molecule has 2 aromatic carbocycles. The fraction of sp³-hybridized carbons (Fsp3) is 0.381. The van der Waals surface area contributed by atoms with Crippen LogP contribution in [0.25, 0.3) is 0 Å². The molecule has 5 nitrogen and oxygen atoms in total. The number of phenolic OH excluding ortho intramolecular Hbond substituents is 1. The monoisotopic (exact) mass is 353 g/mol. The molecular weight excluding hydrogens is 326 g/mol. The predicted molar refractivity (Wildman–Crippen MR) is 105 cm³/mol. The first-order valence-corrected chi connectivity index (χ1v) is 9.11. The van der Waals surface area contributed by atoms with E-state index < -0.39 is 0 Å². The quantitative estimate of drug-likeness (QED) is 0.886. The Labute approximate surface area is 155 Å². The molecule has 26 heavy (non-hydrogen) atoms. The van der Waals surface area contributed by atoms with Crippen LogP contribution in [0.1, 0.15) is 29.7 Å². The van der Waals surface area contributed by atoms with E-state index in [2.05, 4.69) is 36.2 Å². The van der Waals surface area contributed by atoms with E-state index in [-0.39, 0.29) is 17.8 Å². The first-order valence-electron chi connectivity index (χ1n) is 9.11. The first-order chi connectivity index (χ1) is 12.5. The Bertz CT molecular complexity index is 783. The van der Waals surface area contributed by atoms with Crippen LogP contribution in [-0.2, 0) is 0 Å². The maximum atomic E-state index is 12.6. The number of piperazine rings is 1. The number of phenols is 1. The number of amides is 2. The van der Waals surface area contributed by atoms with Crippen LogP contribution in [0.15, 0.2) is 42.5 Å². The summed E-state index contributed by atoms with van der Waals surface area (Å²) >= 11 is 0. The molecule has 0 spiro atoms. The van der Waals surface area contributed by atoms with Crippen molar-refractivity contribution in [2.24, 2.45) is 0 Å². The number of hydrogen-bond acceptors (Lipinski definition) is 3. The van der Waals surface area contributed by atoms with Crippen molar-refractivity contribution >= 4 is 11.7 Å². The molecule has 1 saturated heterocycles. The summed E-state index contributed by atoms with van der Waals surface area (Å²) in [5.74, 6) is 0.269. The summed E-state index contributed by atoms with van der Waals surface area (Å²) in [6.07, 6.45) is 0. The van der Waals surface area contributed by atoms with Gasteiger partial charge in [-0.25, -0.2) is 4.79 Å². The summed E-state index contributed by atoms with van der Waals surface area (Å²) in [5.41, 5.74) is 4.63. The molecule has 1 fully saturated rings. The van der Waals surface area contributed by atoms with Gasteiger partial charge in [-0.1, -0.05) is 24.3 Å². The third kappa shape index (κ3) is 3.93. The summed E-state index contributed by atoms with van der Waals surface area (Å²) in [5, 5.41) is 12.8. The van der Waals surface area contributed by atoms with Crippen LogP contribution < -0.4 is 10.2 Å². The van der Waals surface area contributed by atoms with Gasteiger partial charge >= 0.3 is 6.03 Å². The van der Waals surface area contributed by atoms with Gasteiger partial charge < -0.3 is 20.2 Å². The molecule has 1 atom stereocenters. The Kier molecular flexibility index (Phi) is 5.35. The zero-order valence-electron chi connectivity index (χ0n) is 15.7. The van der Waals surface area contributed by atoms with Crippen molar-refractivity contribution < 1.29 is 9.90 Å². The van der Waals surface area contributed by atoms with Gasteiger partial charge in [0.2, 0.25) is 0 Å². The van der Waals surface area contributed by atoms with Crippen molar-refractivity contribution in [2.45, 2.75) is 26.8 Å². The lowest BCUT2D eigenvalue weighted by Crippen LogP contribution is -2.52. The van der Waals surface area contributed by atoms with Crippen LogP contribution in [0.2, 0.25) is 0 Å².